The van der Waals surface area contributed by atoms with Crippen molar-refractivity contribution in [3.05, 3.63) is 0 Å². The van der Waals surface area contributed by atoms with Crippen LogP contribution in [0.2, 0.25) is 0 Å². The molecule has 1 aliphatic heterocycles. The molecule has 6 nitrogen and oxygen atoms in total. The molecule has 1 aliphatic carbocycles. The van der Waals surface area contributed by atoms with Gasteiger partial charge < -0.3 is 20.9 Å². The van der Waals surface area contributed by atoms with Crippen molar-refractivity contribution in [1.82, 2.24) is 20.9 Å². The van der Waals surface area contributed by atoms with E-state index in [-0.39, 0.29) is 18.5 Å². The van der Waals surface area contributed by atoms with Gasteiger partial charge in [-0.3, -0.25) is 9.79 Å². The third-order valence-electron chi connectivity index (χ3n) is 5.05. The molecule has 0 aromatic heterocycles. The minimum atomic E-state index is 0.0000628. The molecular formula is C18H35N5O. The van der Waals surface area contributed by atoms with Gasteiger partial charge in [0.2, 0.25) is 5.91 Å². The number of piperidine rings is 1. The predicted molar refractivity (Wildman–Crippen MR) is 99.2 cm³/mol. The van der Waals surface area contributed by atoms with Gasteiger partial charge in [-0.05, 0) is 39.5 Å². The molecule has 1 amide bonds. The van der Waals surface area contributed by atoms with Gasteiger partial charge in [0.15, 0.2) is 5.96 Å². The van der Waals surface area contributed by atoms with E-state index in [9.17, 15) is 4.79 Å². The summed E-state index contributed by atoms with van der Waals surface area (Å²) >= 11 is 0. The van der Waals surface area contributed by atoms with E-state index < -0.39 is 0 Å². The maximum atomic E-state index is 11.7. The van der Waals surface area contributed by atoms with E-state index >= 15 is 0 Å². The highest BCUT2D eigenvalue weighted by Gasteiger charge is 2.26. The Morgan fingerprint density at radius 3 is 2.38 bits per heavy atom. The minimum absolute atomic E-state index is 0.0000628. The number of rotatable bonds is 5. The van der Waals surface area contributed by atoms with Crippen molar-refractivity contribution in [2.75, 3.05) is 26.7 Å². The van der Waals surface area contributed by atoms with Gasteiger partial charge >= 0.3 is 0 Å². The number of guanidine groups is 1. The molecule has 2 rings (SSSR count). The molecule has 138 valence electrons. The maximum absolute atomic E-state index is 11.7. The van der Waals surface area contributed by atoms with Crippen molar-refractivity contribution in [2.45, 2.75) is 76.9 Å². The Morgan fingerprint density at radius 2 is 1.79 bits per heavy atom. The second-order valence-corrected chi connectivity index (χ2v) is 7.39. The van der Waals surface area contributed by atoms with Gasteiger partial charge in [0.05, 0.1) is 6.54 Å². The molecule has 0 spiro atoms. The zero-order valence-electron chi connectivity index (χ0n) is 15.6. The lowest BCUT2D eigenvalue weighted by Gasteiger charge is -2.39. The maximum Gasteiger partial charge on any atom is 0.239 e. The quantitative estimate of drug-likeness (QED) is 0.525. The Kier molecular flexibility index (Phi) is 7.82. The first-order valence-electron chi connectivity index (χ1n) is 9.59. The van der Waals surface area contributed by atoms with E-state index in [1.165, 1.54) is 45.2 Å². The van der Waals surface area contributed by atoms with Crippen LogP contribution in [0.5, 0.6) is 0 Å². The number of hydrogen-bond acceptors (Lipinski definition) is 3. The van der Waals surface area contributed by atoms with Crippen LogP contribution in [0.25, 0.3) is 0 Å². The molecule has 2 aliphatic rings. The van der Waals surface area contributed by atoms with Crippen LogP contribution in [0.3, 0.4) is 0 Å². The Bertz CT molecular complexity index is 410. The number of hydrogen-bond donors (Lipinski definition) is 3. The van der Waals surface area contributed by atoms with E-state index in [0.717, 1.165) is 24.8 Å². The average Bonchev–Trinajstić information content (AvgIpc) is 2.59. The van der Waals surface area contributed by atoms with E-state index in [1.807, 2.05) is 13.8 Å². The van der Waals surface area contributed by atoms with Gasteiger partial charge in [-0.2, -0.15) is 0 Å². The number of carbonyl (C=O) groups is 1. The molecule has 6 heteroatoms. The molecule has 24 heavy (non-hydrogen) atoms. The van der Waals surface area contributed by atoms with Crippen LogP contribution in [0.15, 0.2) is 4.99 Å². The lowest BCUT2D eigenvalue weighted by atomic mass is 9.92. The molecule has 2 fully saturated rings. The number of likely N-dealkylation sites (tertiary alicyclic amines) is 1. The monoisotopic (exact) mass is 337 g/mol. The Hall–Kier alpha value is -1.30. The van der Waals surface area contributed by atoms with Crippen molar-refractivity contribution in [3.63, 3.8) is 0 Å². The lowest BCUT2D eigenvalue weighted by molar-refractivity contribution is -0.120. The summed E-state index contributed by atoms with van der Waals surface area (Å²) in [7, 11) is 1.76. The highest BCUT2D eigenvalue weighted by Crippen LogP contribution is 2.25. The standard InChI is InChI=1S/C18H35N5O/c1-14(2)21-17(24)13-20-18(19-3)22-15-9-11-23(12-10-15)16-7-5-4-6-8-16/h14-16H,4-13H2,1-3H3,(H,21,24)(H2,19,20,22). The zero-order chi connectivity index (χ0) is 17.4. The van der Waals surface area contributed by atoms with Crippen LogP contribution < -0.4 is 16.0 Å². The third kappa shape index (κ3) is 6.30. The van der Waals surface area contributed by atoms with Gasteiger partial charge in [-0.1, -0.05) is 19.3 Å². The van der Waals surface area contributed by atoms with Crippen LogP contribution in [0, 0.1) is 0 Å². The molecule has 1 saturated carbocycles. The molecule has 0 atom stereocenters. The van der Waals surface area contributed by atoms with E-state index in [4.69, 9.17) is 0 Å². The number of aliphatic imine (C=N–C) groups is 1. The average molecular weight is 338 g/mol. The lowest BCUT2D eigenvalue weighted by Crippen LogP contribution is -2.52. The fourth-order valence-corrected chi connectivity index (χ4v) is 3.78. The molecular weight excluding hydrogens is 302 g/mol. The topological polar surface area (TPSA) is 68.8 Å². The summed E-state index contributed by atoms with van der Waals surface area (Å²) in [5.41, 5.74) is 0. The smallest absolute Gasteiger partial charge is 0.239 e. The van der Waals surface area contributed by atoms with Gasteiger partial charge in [0, 0.05) is 38.3 Å². The first-order valence-corrected chi connectivity index (χ1v) is 9.59. The van der Waals surface area contributed by atoms with Crippen molar-refractivity contribution < 1.29 is 4.79 Å². The third-order valence-corrected chi connectivity index (χ3v) is 5.05. The van der Waals surface area contributed by atoms with Gasteiger partial charge in [0.25, 0.3) is 0 Å². The molecule has 1 heterocycles. The summed E-state index contributed by atoms with van der Waals surface area (Å²) in [5, 5.41) is 9.46. The molecule has 0 aromatic carbocycles. The Morgan fingerprint density at radius 1 is 1.12 bits per heavy atom. The first kappa shape index (κ1) is 19.0. The van der Waals surface area contributed by atoms with Crippen molar-refractivity contribution in [2.24, 2.45) is 4.99 Å². The Balaban J connectivity index is 1.68. The molecule has 0 radical (unpaired) electrons. The fraction of sp³-hybridized carbons (Fsp3) is 0.889. The summed E-state index contributed by atoms with van der Waals surface area (Å²) in [5.74, 6) is 0.727. The van der Waals surface area contributed by atoms with Crippen LogP contribution in [-0.2, 0) is 4.79 Å². The van der Waals surface area contributed by atoms with Crippen LogP contribution in [0.1, 0.15) is 58.8 Å². The summed E-state index contributed by atoms with van der Waals surface area (Å²) in [4.78, 5) is 18.6. The highest BCUT2D eigenvalue weighted by atomic mass is 16.1. The van der Waals surface area contributed by atoms with E-state index in [1.54, 1.807) is 7.05 Å². The van der Waals surface area contributed by atoms with Gasteiger partial charge in [-0.15, -0.1) is 0 Å². The fourth-order valence-electron chi connectivity index (χ4n) is 3.78. The first-order chi connectivity index (χ1) is 11.6. The molecule has 0 unspecified atom stereocenters. The van der Waals surface area contributed by atoms with Crippen LogP contribution >= 0.6 is 0 Å². The van der Waals surface area contributed by atoms with E-state index in [0.29, 0.717) is 6.04 Å². The zero-order valence-corrected chi connectivity index (χ0v) is 15.6. The van der Waals surface area contributed by atoms with Crippen molar-refractivity contribution >= 4 is 11.9 Å². The molecule has 3 N–H and O–H groups in total. The molecule has 0 bridgehead atoms. The molecule has 1 saturated heterocycles. The minimum Gasteiger partial charge on any atom is -0.354 e. The summed E-state index contributed by atoms with van der Waals surface area (Å²) < 4.78 is 0. The predicted octanol–water partition coefficient (Wildman–Crippen LogP) is 1.47. The Labute approximate surface area is 146 Å². The van der Waals surface area contributed by atoms with Crippen LogP contribution in [0.4, 0.5) is 0 Å². The summed E-state index contributed by atoms with van der Waals surface area (Å²) in [6.07, 6.45) is 9.28. The van der Waals surface area contributed by atoms with Crippen LogP contribution in [-0.4, -0.2) is 61.6 Å². The second-order valence-electron chi connectivity index (χ2n) is 7.39. The largest absolute Gasteiger partial charge is 0.354 e. The number of carbonyl (C=O) groups excluding carboxylic acids is 1. The molecule has 0 aromatic rings. The van der Waals surface area contributed by atoms with Gasteiger partial charge in [0.1, 0.15) is 0 Å². The van der Waals surface area contributed by atoms with E-state index in [2.05, 4.69) is 25.8 Å². The van der Waals surface area contributed by atoms with Crippen molar-refractivity contribution in [3.8, 4) is 0 Å². The second kappa shape index (κ2) is 9.87. The number of nitrogens with zero attached hydrogens (tertiary/aromatic N) is 2. The SMILES string of the molecule is CN=C(NCC(=O)NC(C)C)NC1CCN(C2CCCCC2)CC1. The summed E-state index contributed by atoms with van der Waals surface area (Å²) in [6.45, 7) is 6.54. The normalized spacial score (nSPS) is 21.8. The summed E-state index contributed by atoms with van der Waals surface area (Å²) in [6, 6.07) is 1.43. The number of nitrogens with one attached hydrogen (secondary N) is 3. The van der Waals surface area contributed by atoms with Gasteiger partial charge in [-0.25, -0.2) is 0 Å². The van der Waals surface area contributed by atoms with Crippen molar-refractivity contribution in [1.29, 1.82) is 0 Å². The number of amides is 1. The highest BCUT2D eigenvalue weighted by molar-refractivity contribution is 5.86.